The number of hydrogen-bond donors (Lipinski definition) is 2. The van der Waals surface area contributed by atoms with Crippen molar-refractivity contribution in [2.24, 2.45) is 11.3 Å². The zero-order valence-corrected chi connectivity index (χ0v) is 23.1. The van der Waals surface area contributed by atoms with Crippen LogP contribution in [0, 0.1) is 24.1 Å². The number of amides is 2. The summed E-state index contributed by atoms with van der Waals surface area (Å²) in [5.74, 6) is -0.353. The zero-order valence-electron chi connectivity index (χ0n) is 22.3. The Balaban J connectivity index is 1.05. The van der Waals surface area contributed by atoms with Crippen LogP contribution in [0.2, 0.25) is 0 Å². The number of carbonyl (C=O) groups excluding carboxylic acids is 2. The molecule has 3 fully saturated rings. The van der Waals surface area contributed by atoms with Crippen molar-refractivity contribution in [1.82, 2.24) is 4.98 Å². The Morgan fingerprint density at radius 1 is 1.00 bits per heavy atom. The molecule has 3 unspecified atom stereocenters. The third-order valence-corrected chi connectivity index (χ3v) is 9.41. The van der Waals surface area contributed by atoms with Gasteiger partial charge in [-0.15, -0.1) is 11.3 Å². The van der Waals surface area contributed by atoms with Crippen LogP contribution in [0.25, 0.3) is 10.2 Å². The predicted molar refractivity (Wildman–Crippen MR) is 153 cm³/mol. The van der Waals surface area contributed by atoms with Gasteiger partial charge in [0.05, 0.1) is 23.4 Å². The second-order valence-corrected chi connectivity index (χ2v) is 12.0. The van der Waals surface area contributed by atoms with Crippen LogP contribution in [-0.2, 0) is 19.1 Å². The molecular formula is C31H28FN3O5S. The highest BCUT2D eigenvalue weighted by atomic mass is 32.1. The minimum absolute atomic E-state index is 0.0251. The largest absolute Gasteiger partial charge is 0.453 e. The highest BCUT2D eigenvalue weighted by Crippen LogP contribution is 2.48. The van der Waals surface area contributed by atoms with Crippen LogP contribution in [0.3, 0.4) is 0 Å². The third-order valence-electron chi connectivity index (χ3n) is 8.14. The molecule has 1 aliphatic carbocycles. The van der Waals surface area contributed by atoms with E-state index in [1.165, 1.54) is 12.1 Å². The summed E-state index contributed by atoms with van der Waals surface area (Å²) in [6.45, 7) is 3.27. The van der Waals surface area contributed by atoms with Crippen LogP contribution < -0.4 is 15.4 Å². The van der Waals surface area contributed by atoms with E-state index in [0.29, 0.717) is 43.4 Å². The highest BCUT2D eigenvalue weighted by molar-refractivity contribution is 7.19. The number of benzene rings is 2. The maximum Gasteiger partial charge on any atom is 0.240 e. The van der Waals surface area contributed by atoms with Crippen molar-refractivity contribution in [3.8, 4) is 11.5 Å². The van der Waals surface area contributed by atoms with Crippen molar-refractivity contribution in [2.75, 3.05) is 23.8 Å². The molecule has 8 nitrogen and oxygen atoms in total. The van der Waals surface area contributed by atoms with Gasteiger partial charge in [-0.2, -0.15) is 0 Å². The van der Waals surface area contributed by atoms with Crippen molar-refractivity contribution >= 4 is 44.7 Å². The van der Waals surface area contributed by atoms with E-state index < -0.39 is 17.1 Å². The molecule has 1 saturated carbocycles. The van der Waals surface area contributed by atoms with E-state index in [1.807, 2.05) is 19.1 Å². The van der Waals surface area contributed by atoms with Gasteiger partial charge >= 0.3 is 0 Å². The van der Waals surface area contributed by atoms with Gasteiger partial charge in [0.15, 0.2) is 17.9 Å². The minimum atomic E-state index is -1.16. The van der Waals surface area contributed by atoms with Gasteiger partial charge in [-0.3, -0.25) is 14.6 Å². The molecule has 2 N–H and O–H groups in total. The summed E-state index contributed by atoms with van der Waals surface area (Å²) in [7, 11) is 0. The summed E-state index contributed by atoms with van der Waals surface area (Å²) in [5, 5.41) is 5.53. The topological polar surface area (TPSA) is 98.8 Å². The average molecular weight is 574 g/mol. The molecule has 3 atom stereocenters. The lowest BCUT2D eigenvalue weighted by molar-refractivity contribution is -0.131. The van der Waals surface area contributed by atoms with Crippen LogP contribution in [0.4, 0.5) is 15.8 Å². The van der Waals surface area contributed by atoms with Crippen molar-refractivity contribution in [1.29, 1.82) is 0 Å². The lowest BCUT2D eigenvalue weighted by Gasteiger charge is -2.16. The van der Waals surface area contributed by atoms with E-state index in [4.69, 9.17) is 14.2 Å². The second kappa shape index (κ2) is 10.2. The Kier molecular flexibility index (Phi) is 6.49. The summed E-state index contributed by atoms with van der Waals surface area (Å²) >= 11 is 1.58. The van der Waals surface area contributed by atoms with E-state index in [-0.39, 0.29) is 29.6 Å². The first-order valence-electron chi connectivity index (χ1n) is 13.7. The number of aryl methyl sites for hydroxylation is 1. The van der Waals surface area contributed by atoms with Crippen LogP contribution >= 0.6 is 11.3 Å². The van der Waals surface area contributed by atoms with E-state index in [9.17, 15) is 9.59 Å². The Bertz CT molecular complexity index is 1650. The quantitative estimate of drug-likeness (QED) is 0.249. The van der Waals surface area contributed by atoms with Crippen molar-refractivity contribution in [3.63, 3.8) is 0 Å². The van der Waals surface area contributed by atoms with Crippen molar-refractivity contribution in [3.05, 3.63) is 77.1 Å². The highest BCUT2D eigenvalue weighted by Gasteiger charge is 2.56. The summed E-state index contributed by atoms with van der Waals surface area (Å²) in [6, 6.07) is 15.4. The van der Waals surface area contributed by atoms with Gasteiger partial charge in [0.1, 0.15) is 11.2 Å². The summed E-state index contributed by atoms with van der Waals surface area (Å²) in [6.07, 6.45) is 3.33. The molecule has 2 aromatic heterocycles. The van der Waals surface area contributed by atoms with Gasteiger partial charge in [-0.25, -0.2) is 4.39 Å². The Morgan fingerprint density at radius 2 is 1.76 bits per heavy atom. The molecule has 210 valence electrons. The Hall–Kier alpha value is -3.86. The molecule has 2 saturated heterocycles. The normalized spacial score (nSPS) is 22.3. The molecule has 2 aromatic carbocycles. The molecule has 4 heterocycles. The molecule has 4 aromatic rings. The van der Waals surface area contributed by atoms with Crippen molar-refractivity contribution < 1.29 is 28.2 Å². The molecule has 0 spiro atoms. The van der Waals surface area contributed by atoms with Gasteiger partial charge < -0.3 is 24.8 Å². The second-order valence-electron chi connectivity index (χ2n) is 10.9. The number of anilines is 2. The lowest BCUT2D eigenvalue weighted by Crippen LogP contribution is -2.35. The number of ether oxygens (including phenoxy) is 3. The fourth-order valence-corrected chi connectivity index (χ4v) is 6.78. The number of rotatable bonds is 7. The Labute approximate surface area is 239 Å². The molecule has 2 amide bonds. The van der Waals surface area contributed by atoms with Crippen LogP contribution in [-0.4, -0.2) is 36.3 Å². The molecule has 2 aliphatic heterocycles. The first-order valence-corrected chi connectivity index (χ1v) is 14.5. The average Bonchev–Trinajstić information content (AvgIpc) is 3.25. The number of thiophene rings is 1. The minimum Gasteiger partial charge on any atom is -0.453 e. The first kappa shape index (κ1) is 26.1. The third kappa shape index (κ3) is 4.86. The number of pyridine rings is 1. The van der Waals surface area contributed by atoms with Gasteiger partial charge in [0.25, 0.3) is 0 Å². The monoisotopic (exact) mass is 573 g/mol. The smallest absolute Gasteiger partial charge is 0.240 e. The van der Waals surface area contributed by atoms with Gasteiger partial charge in [0, 0.05) is 46.4 Å². The van der Waals surface area contributed by atoms with Gasteiger partial charge in [-0.1, -0.05) is 17.7 Å². The van der Waals surface area contributed by atoms with Gasteiger partial charge in [0.2, 0.25) is 11.8 Å². The number of aromatic nitrogens is 1. The zero-order chi connectivity index (χ0) is 28.1. The van der Waals surface area contributed by atoms with E-state index in [0.717, 1.165) is 27.1 Å². The van der Waals surface area contributed by atoms with Crippen LogP contribution in [0.5, 0.6) is 11.5 Å². The number of nitrogens with one attached hydrogen (secondary N) is 2. The number of halogens is 1. The number of nitrogens with zero attached hydrogens (tertiary/aromatic N) is 1. The fourth-order valence-electron chi connectivity index (χ4n) is 5.55. The Morgan fingerprint density at radius 3 is 2.51 bits per heavy atom. The number of carbonyl (C=O) groups is 2. The standard InChI is InChI=1S/C31H28FN3O5S/c1-17-2-4-18(5-3-17)34-29(36)31(10-11-31)30(37)35-19-6-7-24(22(32)14-19)40-25-8-12-33-23-15-26(41-27(23)25)21-16-39-28-20(21)9-13-38-28/h2-8,12,14-15,20-21,28H,9-11,13,16H2,1H3,(H,34,36)(H,35,37). The van der Waals surface area contributed by atoms with Crippen LogP contribution in [0.15, 0.2) is 60.8 Å². The molecule has 41 heavy (non-hydrogen) atoms. The van der Waals surface area contributed by atoms with E-state index in [2.05, 4.69) is 21.7 Å². The van der Waals surface area contributed by atoms with E-state index in [1.54, 1.807) is 41.8 Å². The fraction of sp³-hybridized carbons (Fsp3) is 0.323. The number of fused-ring (bicyclic) bond motifs is 2. The summed E-state index contributed by atoms with van der Waals surface area (Å²) in [5.41, 5.74) is 1.57. The predicted octanol–water partition coefficient (Wildman–Crippen LogP) is 6.37. The summed E-state index contributed by atoms with van der Waals surface area (Å²) < 4.78 is 33.5. The molecule has 3 aliphatic rings. The first-order chi connectivity index (χ1) is 19.9. The molecule has 10 heteroatoms. The van der Waals surface area contributed by atoms with Crippen LogP contribution in [0.1, 0.15) is 35.6 Å². The lowest BCUT2D eigenvalue weighted by atomic mass is 9.92. The maximum atomic E-state index is 15.2. The summed E-state index contributed by atoms with van der Waals surface area (Å²) in [4.78, 5) is 31.6. The van der Waals surface area contributed by atoms with E-state index >= 15 is 4.39 Å². The maximum absolute atomic E-state index is 15.2. The molecule has 0 radical (unpaired) electrons. The SMILES string of the molecule is Cc1ccc(NC(=O)C2(C(=O)Nc3ccc(Oc4ccnc5cc(C6COC7OCCC76)sc45)c(F)c3)CC2)cc1. The van der Waals surface area contributed by atoms with Gasteiger partial charge in [-0.05, 0) is 56.5 Å². The molecule has 7 rings (SSSR count). The molecular weight excluding hydrogens is 545 g/mol. The van der Waals surface area contributed by atoms with Crippen molar-refractivity contribution in [2.45, 2.75) is 38.4 Å². The number of hydrogen-bond acceptors (Lipinski definition) is 7. The molecule has 0 bridgehead atoms.